The third-order valence-electron chi connectivity index (χ3n) is 3.52. The molecule has 0 spiro atoms. The van der Waals surface area contributed by atoms with Crippen LogP contribution in [0.5, 0.6) is 0 Å². The minimum Gasteiger partial charge on any atom is -0.376 e. The summed E-state index contributed by atoms with van der Waals surface area (Å²) in [5.74, 6) is 0.579. The maximum Gasteiger partial charge on any atom is 0.220 e. The van der Waals surface area contributed by atoms with Crippen LogP contribution < -0.4 is 5.73 Å². The third kappa shape index (κ3) is 9.78. The highest BCUT2D eigenvalue weighted by atomic mass is 16.5. The van der Waals surface area contributed by atoms with Gasteiger partial charge in [0.15, 0.2) is 0 Å². The van der Waals surface area contributed by atoms with Gasteiger partial charge in [-0.1, -0.05) is 33.8 Å². The van der Waals surface area contributed by atoms with Crippen molar-refractivity contribution in [2.45, 2.75) is 52.6 Å². The summed E-state index contributed by atoms with van der Waals surface area (Å²) >= 11 is 0. The Labute approximate surface area is 136 Å². The molecule has 0 aromatic heterocycles. The third-order valence-corrected chi connectivity index (χ3v) is 3.52. The molecule has 1 amide bonds. The Balaban J connectivity index is 4.76. The van der Waals surface area contributed by atoms with Crippen LogP contribution in [0.2, 0.25) is 0 Å². The van der Waals surface area contributed by atoms with Crippen LogP contribution in [-0.2, 0) is 9.53 Å². The van der Waals surface area contributed by atoms with E-state index in [0.29, 0.717) is 25.0 Å². The number of carbonyl (C=O) groups excluding carboxylic acids is 1. The van der Waals surface area contributed by atoms with Gasteiger partial charge in [-0.15, -0.1) is 5.73 Å². The fourth-order valence-electron chi connectivity index (χ4n) is 2.59. The predicted molar refractivity (Wildman–Crippen MR) is 92.6 cm³/mol. The van der Waals surface area contributed by atoms with Gasteiger partial charge in [0, 0.05) is 12.5 Å². The van der Waals surface area contributed by atoms with E-state index in [1.165, 1.54) is 5.57 Å². The zero-order chi connectivity index (χ0) is 17.1. The Bertz CT molecular complexity index is 371. The van der Waals surface area contributed by atoms with E-state index in [4.69, 9.17) is 10.5 Å². The molecule has 0 aromatic carbocycles. The number of nitrogens with zero attached hydrogens (tertiary/aromatic N) is 1. The van der Waals surface area contributed by atoms with Crippen molar-refractivity contribution in [3.05, 3.63) is 17.9 Å². The van der Waals surface area contributed by atoms with Gasteiger partial charge < -0.3 is 15.4 Å². The quantitative estimate of drug-likeness (QED) is 0.564. The van der Waals surface area contributed by atoms with Crippen LogP contribution in [0.15, 0.2) is 17.9 Å². The molecule has 0 fully saturated rings. The van der Waals surface area contributed by atoms with Gasteiger partial charge in [0.25, 0.3) is 0 Å². The highest BCUT2D eigenvalue weighted by Gasteiger charge is 2.19. The lowest BCUT2D eigenvalue weighted by molar-refractivity contribution is -0.121. The van der Waals surface area contributed by atoms with Crippen LogP contribution in [0.1, 0.15) is 46.5 Å². The second-order valence-corrected chi connectivity index (χ2v) is 6.67. The molecule has 22 heavy (non-hydrogen) atoms. The fourth-order valence-corrected chi connectivity index (χ4v) is 2.59. The van der Waals surface area contributed by atoms with E-state index in [0.717, 1.165) is 19.3 Å². The largest absolute Gasteiger partial charge is 0.376 e. The molecule has 0 aliphatic heterocycles. The van der Waals surface area contributed by atoms with Crippen LogP contribution in [0.25, 0.3) is 0 Å². The number of carbonyl (C=O) groups is 1. The number of hydrogen-bond acceptors (Lipinski definition) is 3. The monoisotopic (exact) mass is 310 g/mol. The second-order valence-electron chi connectivity index (χ2n) is 6.67. The van der Waals surface area contributed by atoms with Crippen molar-refractivity contribution in [1.82, 2.24) is 4.90 Å². The molecule has 0 saturated carbocycles. The van der Waals surface area contributed by atoms with Crippen molar-refractivity contribution in [1.29, 1.82) is 0 Å². The molecule has 2 atom stereocenters. The number of amides is 1. The van der Waals surface area contributed by atoms with Crippen molar-refractivity contribution < 1.29 is 9.53 Å². The van der Waals surface area contributed by atoms with Gasteiger partial charge in [-0.25, -0.2) is 0 Å². The highest BCUT2D eigenvalue weighted by Crippen LogP contribution is 2.24. The van der Waals surface area contributed by atoms with Gasteiger partial charge in [-0.3, -0.25) is 4.79 Å². The highest BCUT2D eigenvalue weighted by molar-refractivity contribution is 5.74. The molecule has 0 saturated heterocycles. The summed E-state index contributed by atoms with van der Waals surface area (Å²) in [4.78, 5) is 13.2. The molecule has 0 aliphatic rings. The van der Waals surface area contributed by atoms with E-state index in [1.807, 2.05) is 19.0 Å². The summed E-state index contributed by atoms with van der Waals surface area (Å²) in [5.41, 5.74) is 9.66. The van der Waals surface area contributed by atoms with Gasteiger partial charge in [-0.2, -0.15) is 0 Å². The molecule has 2 N–H and O–H groups in total. The van der Waals surface area contributed by atoms with Crippen LogP contribution in [0.4, 0.5) is 0 Å². The molecular weight excluding hydrogens is 276 g/mol. The first-order valence-corrected chi connectivity index (χ1v) is 8.23. The van der Waals surface area contributed by atoms with Crippen LogP contribution in [0.3, 0.4) is 0 Å². The standard InChI is InChI=1S/C18H34N2O2/c1-7-9-16(15(8-2)10-14(3)4)13-22-17(11-18(19)21)12-20(5)6/h14,16-17H,2,7,9-13H2,1,3-6H3,(H2,19,21). The van der Waals surface area contributed by atoms with Gasteiger partial charge in [0.05, 0.1) is 19.1 Å². The topological polar surface area (TPSA) is 55.6 Å². The van der Waals surface area contributed by atoms with Gasteiger partial charge in [0.1, 0.15) is 0 Å². The molecule has 0 radical (unpaired) electrons. The zero-order valence-corrected chi connectivity index (χ0v) is 15.0. The Morgan fingerprint density at radius 1 is 1.32 bits per heavy atom. The number of ether oxygens (including phenoxy) is 1. The van der Waals surface area contributed by atoms with Gasteiger partial charge in [0.2, 0.25) is 5.91 Å². The van der Waals surface area contributed by atoms with Crippen molar-refractivity contribution in [3.8, 4) is 0 Å². The van der Waals surface area contributed by atoms with Crippen LogP contribution in [-0.4, -0.2) is 44.2 Å². The molecule has 0 heterocycles. The van der Waals surface area contributed by atoms with E-state index in [-0.39, 0.29) is 18.4 Å². The number of primary amides is 1. The summed E-state index contributed by atoms with van der Waals surface area (Å²) in [7, 11) is 3.93. The lowest BCUT2D eigenvalue weighted by Crippen LogP contribution is -2.34. The number of nitrogens with two attached hydrogens (primary N) is 1. The fraction of sp³-hybridized carbons (Fsp3) is 0.778. The molecule has 0 bridgehead atoms. The number of rotatable bonds is 12. The van der Waals surface area contributed by atoms with E-state index in [9.17, 15) is 4.79 Å². The van der Waals surface area contributed by atoms with Crippen LogP contribution >= 0.6 is 0 Å². The Morgan fingerprint density at radius 3 is 2.36 bits per heavy atom. The molecule has 0 aromatic rings. The summed E-state index contributed by atoms with van der Waals surface area (Å²) < 4.78 is 6.01. The molecule has 2 unspecified atom stereocenters. The van der Waals surface area contributed by atoms with E-state index in [1.54, 1.807) is 0 Å². The predicted octanol–water partition coefficient (Wildman–Crippen LogP) is 2.98. The Kier molecular flexibility index (Phi) is 10.9. The van der Waals surface area contributed by atoms with E-state index in [2.05, 4.69) is 33.1 Å². The first-order chi connectivity index (χ1) is 10.3. The molecule has 4 heteroatoms. The molecule has 4 nitrogen and oxygen atoms in total. The second kappa shape index (κ2) is 11.5. The van der Waals surface area contributed by atoms with E-state index < -0.39 is 0 Å². The lowest BCUT2D eigenvalue weighted by Gasteiger charge is -2.25. The van der Waals surface area contributed by atoms with Crippen LogP contribution in [0, 0.1) is 11.8 Å². The Morgan fingerprint density at radius 2 is 1.95 bits per heavy atom. The zero-order valence-electron chi connectivity index (χ0n) is 15.0. The van der Waals surface area contributed by atoms with Crippen molar-refractivity contribution >= 4 is 5.91 Å². The van der Waals surface area contributed by atoms with Crippen molar-refractivity contribution in [3.63, 3.8) is 0 Å². The SMILES string of the molecule is C=C=C(CC(C)C)C(CCC)COC(CC(N)=O)CN(C)C. The lowest BCUT2D eigenvalue weighted by atomic mass is 9.89. The first kappa shape index (κ1) is 20.9. The molecular formula is C18H34N2O2. The summed E-state index contributed by atoms with van der Waals surface area (Å²) in [5, 5.41) is 0. The minimum absolute atomic E-state index is 0.156. The number of hydrogen-bond donors (Lipinski definition) is 1. The average Bonchev–Trinajstić information content (AvgIpc) is 2.39. The molecule has 0 aliphatic carbocycles. The molecule has 128 valence electrons. The Hall–Kier alpha value is -1.09. The van der Waals surface area contributed by atoms with E-state index >= 15 is 0 Å². The normalized spacial score (nSPS) is 14.0. The first-order valence-electron chi connectivity index (χ1n) is 8.23. The molecule has 0 rings (SSSR count). The minimum atomic E-state index is -0.319. The summed E-state index contributed by atoms with van der Waals surface area (Å²) in [6, 6.07) is 0. The number of likely N-dealkylation sites (N-methyl/N-ethyl adjacent to an activating group) is 1. The maximum absolute atomic E-state index is 11.2. The maximum atomic E-state index is 11.2. The van der Waals surface area contributed by atoms with Gasteiger partial charge >= 0.3 is 0 Å². The average molecular weight is 310 g/mol. The van der Waals surface area contributed by atoms with Crippen molar-refractivity contribution in [2.24, 2.45) is 17.6 Å². The van der Waals surface area contributed by atoms with Crippen molar-refractivity contribution in [2.75, 3.05) is 27.2 Å². The summed E-state index contributed by atoms with van der Waals surface area (Å²) in [6.45, 7) is 11.7. The van der Waals surface area contributed by atoms with Gasteiger partial charge in [-0.05, 0) is 38.4 Å². The summed E-state index contributed by atoms with van der Waals surface area (Å²) in [6.07, 6.45) is 3.23. The smallest absolute Gasteiger partial charge is 0.220 e.